The van der Waals surface area contributed by atoms with Crippen LogP contribution in [0.1, 0.15) is 6.92 Å². The SMILES string of the molecule is COCCN(C)C(C)C(=O)N1CCNCC1. The fourth-order valence-electron chi connectivity index (χ4n) is 1.77. The minimum absolute atomic E-state index is 0.0618. The molecule has 5 nitrogen and oxygen atoms in total. The van der Waals surface area contributed by atoms with Gasteiger partial charge in [-0.15, -0.1) is 0 Å². The molecular weight excluding hydrogens is 206 g/mol. The van der Waals surface area contributed by atoms with Crippen molar-refractivity contribution < 1.29 is 9.53 Å². The molecule has 1 N–H and O–H groups in total. The zero-order valence-corrected chi connectivity index (χ0v) is 10.5. The van der Waals surface area contributed by atoms with Gasteiger partial charge in [-0.25, -0.2) is 0 Å². The second-order valence-electron chi connectivity index (χ2n) is 4.22. The Morgan fingerprint density at radius 1 is 1.50 bits per heavy atom. The normalized spacial score (nSPS) is 18.9. The number of hydrogen-bond acceptors (Lipinski definition) is 4. The van der Waals surface area contributed by atoms with Crippen LogP contribution in [0.3, 0.4) is 0 Å². The topological polar surface area (TPSA) is 44.8 Å². The molecule has 0 spiro atoms. The van der Waals surface area contributed by atoms with Gasteiger partial charge in [-0.3, -0.25) is 9.69 Å². The lowest BCUT2D eigenvalue weighted by atomic mass is 10.2. The van der Waals surface area contributed by atoms with Gasteiger partial charge < -0.3 is 15.0 Å². The average Bonchev–Trinajstić information content (AvgIpc) is 2.35. The summed E-state index contributed by atoms with van der Waals surface area (Å²) in [5, 5.41) is 3.24. The van der Waals surface area contributed by atoms with Crippen LogP contribution >= 0.6 is 0 Å². The van der Waals surface area contributed by atoms with Crippen molar-refractivity contribution >= 4 is 5.91 Å². The molecule has 94 valence electrons. The lowest BCUT2D eigenvalue weighted by Gasteiger charge is -2.33. The van der Waals surface area contributed by atoms with E-state index < -0.39 is 0 Å². The van der Waals surface area contributed by atoms with Crippen molar-refractivity contribution in [1.29, 1.82) is 0 Å². The summed E-state index contributed by atoms with van der Waals surface area (Å²) in [6.07, 6.45) is 0. The number of rotatable bonds is 5. The molecule has 1 aliphatic heterocycles. The molecule has 1 fully saturated rings. The van der Waals surface area contributed by atoms with Crippen LogP contribution in [-0.4, -0.2) is 75.2 Å². The monoisotopic (exact) mass is 229 g/mol. The van der Waals surface area contributed by atoms with Gasteiger partial charge in [0.15, 0.2) is 0 Å². The van der Waals surface area contributed by atoms with Crippen LogP contribution in [0.25, 0.3) is 0 Å². The predicted octanol–water partition coefficient (Wildman–Crippen LogP) is -0.615. The Bertz CT molecular complexity index is 217. The fraction of sp³-hybridized carbons (Fsp3) is 0.909. The van der Waals surface area contributed by atoms with Crippen LogP contribution in [-0.2, 0) is 9.53 Å². The van der Waals surface area contributed by atoms with E-state index in [-0.39, 0.29) is 11.9 Å². The maximum Gasteiger partial charge on any atom is 0.239 e. The van der Waals surface area contributed by atoms with E-state index in [1.165, 1.54) is 0 Å². The number of amides is 1. The zero-order chi connectivity index (χ0) is 12.0. The van der Waals surface area contributed by atoms with Crippen LogP contribution in [0.5, 0.6) is 0 Å². The Kier molecular flexibility index (Phi) is 5.73. The molecule has 0 saturated carbocycles. The van der Waals surface area contributed by atoms with Gasteiger partial charge in [0.1, 0.15) is 0 Å². The van der Waals surface area contributed by atoms with Crippen LogP contribution in [0.2, 0.25) is 0 Å². The third-order valence-electron chi connectivity index (χ3n) is 3.10. The molecule has 1 rings (SSSR count). The van der Waals surface area contributed by atoms with Crippen molar-refractivity contribution in [1.82, 2.24) is 15.1 Å². The molecule has 1 atom stereocenters. The Morgan fingerprint density at radius 3 is 2.69 bits per heavy atom. The minimum Gasteiger partial charge on any atom is -0.383 e. The lowest BCUT2D eigenvalue weighted by Crippen LogP contribution is -2.52. The summed E-state index contributed by atoms with van der Waals surface area (Å²) in [5.41, 5.74) is 0. The summed E-state index contributed by atoms with van der Waals surface area (Å²) < 4.78 is 5.01. The fourth-order valence-corrected chi connectivity index (χ4v) is 1.77. The van der Waals surface area contributed by atoms with Crippen molar-refractivity contribution in [3.8, 4) is 0 Å². The van der Waals surface area contributed by atoms with Crippen molar-refractivity contribution in [3.63, 3.8) is 0 Å². The molecule has 0 aromatic carbocycles. The number of likely N-dealkylation sites (N-methyl/N-ethyl adjacent to an activating group) is 1. The van der Waals surface area contributed by atoms with E-state index in [0.717, 1.165) is 32.7 Å². The number of carbonyl (C=O) groups is 1. The van der Waals surface area contributed by atoms with Crippen LogP contribution in [0.15, 0.2) is 0 Å². The van der Waals surface area contributed by atoms with E-state index in [2.05, 4.69) is 5.32 Å². The number of piperazine rings is 1. The van der Waals surface area contributed by atoms with E-state index in [0.29, 0.717) is 6.61 Å². The number of nitrogens with one attached hydrogen (secondary N) is 1. The molecule has 1 heterocycles. The number of hydrogen-bond donors (Lipinski definition) is 1. The summed E-state index contributed by atoms with van der Waals surface area (Å²) >= 11 is 0. The third kappa shape index (κ3) is 3.73. The second-order valence-corrected chi connectivity index (χ2v) is 4.22. The van der Waals surface area contributed by atoms with Crippen molar-refractivity contribution in [2.75, 3.05) is 53.5 Å². The predicted molar refractivity (Wildman–Crippen MR) is 63.4 cm³/mol. The van der Waals surface area contributed by atoms with E-state index in [9.17, 15) is 4.79 Å². The highest BCUT2D eigenvalue weighted by Crippen LogP contribution is 2.03. The first kappa shape index (κ1) is 13.4. The molecule has 1 saturated heterocycles. The average molecular weight is 229 g/mol. The first-order valence-electron chi connectivity index (χ1n) is 5.85. The number of carbonyl (C=O) groups excluding carboxylic acids is 1. The van der Waals surface area contributed by atoms with Crippen LogP contribution < -0.4 is 5.32 Å². The third-order valence-corrected chi connectivity index (χ3v) is 3.10. The van der Waals surface area contributed by atoms with E-state index >= 15 is 0 Å². The van der Waals surface area contributed by atoms with Crippen molar-refractivity contribution in [3.05, 3.63) is 0 Å². The van der Waals surface area contributed by atoms with Gasteiger partial charge >= 0.3 is 0 Å². The summed E-state index contributed by atoms with van der Waals surface area (Å²) in [4.78, 5) is 16.1. The first-order chi connectivity index (χ1) is 7.66. The molecule has 0 radical (unpaired) electrons. The Hall–Kier alpha value is -0.650. The minimum atomic E-state index is -0.0618. The van der Waals surface area contributed by atoms with Gasteiger partial charge in [-0.05, 0) is 14.0 Å². The van der Waals surface area contributed by atoms with Gasteiger partial charge in [0.25, 0.3) is 0 Å². The van der Waals surface area contributed by atoms with Gasteiger partial charge in [0, 0.05) is 39.8 Å². The molecular formula is C11H23N3O2. The van der Waals surface area contributed by atoms with Crippen LogP contribution in [0.4, 0.5) is 0 Å². The molecule has 0 aromatic rings. The first-order valence-corrected chi connectivity index (χ1v) is 5.85. The van der Waals surface area contributed by atoms with E-state index in [4.69, 9.17) is 4.74 Å². The quantitative estimate of drug-likeness (QED) is 0.683. The lowest BCUT2D eigenvalue weighted by molar-refractivity contribution is -0.136. The Labute approximate surface area is 97.7 Å². The molecule has 16 heavy (non-hydrogen) atoms. The molecule has 1 unspecified atom stereocenters. The highest BCUT2D eigenvalue weighted by Gasteiger charge is 2.24. The molecule has 1 aliphatic rings. The highest BCUT2D eigenvalue weighted by molar-refractivity contribution is 5.81. The van der Waals surface area contributed by atoms with Crippen molar-refractivity contribution in [2.24, 2.45) is 0 Å². The largest absolute Gasteiger partial charge is 0.383 e. The summed E-state index contributed by atoms with van der Waals surface area (Å²) in [5.74, 6) is 0.222. The summed E-state index contributed by atoms with van der Waals surface area (Å²) in [6, 6.07) is -0.0618. The summed E-state index contributed by atoms with van der Waals surface area (Å²) in [7, 11) is 3.64. The number of methoxy groups -OCH3 is 1. The maximum atomic E-state index is 12.1. The molecule has 1 amide bonds. The molecule has 0 aromatic heterocycles. The smallest absolute Gasteiger partial charge is 0.239 e. The molecule has 5 heteroatoms. The maximum absolute atomic E-state index is 12.1. The Balaban J connectivity index is 2.38. The summed E-state index contributed by atoms with van der Waals surface area (Å²) in [6.45, 7) is 6.86. The highest BCUT2D eigenvalue weighted by atomic mass is 16.5. The van der Waals surface area contributed by atoms with Gasteiger partial charge in [-0.1, -0.05) is 0 Å². The van der Waals surface area contributed by atoms with Gasteiger partial charge in [-0.2, -0.15) is 0 Å². The zero-order valence-electron chi connectivity index (χ0n) is 10.5. The van der Waals surface area contributed by atoms with E-state index in [1.54, 1.807) is 7.11 Å². The molecule has 0 aliphatic carbocycles. The molecule has 0 bridgehead atoms. The van der Waals surface area contributed by atoms with Crippen molar-refractivity contribution in [2.45, 2.75) is 13.0 Å². The van der Waals surface area contributed by atoms with Gasteiger partial charge in [0.05, 0.1) is 12.6 Å². The standard InChI is InChI=1S/C11H23N3O2/c1-10(13(2)8-9-16-3)11(15)14-6-4-12-5-7-14/h10,12H,4-9H2,1-3H3. The van der Waals surface area contributed by atoms with Crippen LogP contribution in [0, 0.1) is 0 Å². The second kappa shape index (κ2) is 6.83. The number of ether oxygens (including phenoxy) is 1. The van der Waals surface area contributed by atoms with Gasteiger partial charge in [0.2, 0.25) is 5.91 Å². The number of nitrogens with zero attached hydrogens (tertiary/aromatic N) is 2. The van der Waals surface area contributed by atoms with E-state index in [1.807, 2.05) is 23.8 Å². The Morgan fingerprint density at radius 2 is 2.12 bits per heavy atom.